The molecule has 2 nitrogen and oxygen atoms in total. The SMILES string of the molecule is C1CC1.O=C1CCCCCO1. The summed E-state index contributed by atoms with van der Waals surface area (Å²) in [6.45, 7) is 0.638. The average molecular weight is 156 g/mol. The second-order valence-corrected chi connectivity index (χ2v) is 3.09. The minimum atomic E-state index is -0.0255. The van der Waals surface area contributed by atoms with E-state index in [1.807, 2.05) is 0 Å². The van der Waals surface area contributed by atoms with Crippen molar-refractivity contribution in [1.82, 2.24) is 0 Å². The van der Waals surface area contributed by atoms with Gasteiger partial charge in [-0.15, -0.1) is 0 Å². The van der Waals surface area contributed by atoms with Gasteiger partial charge in [-0.3, -0.25) is 4.79 Å². The van der Waals surface area contributed by atoms with Crippen LogP contribution in [0.3, 0.4) is 0 Å². The van der Waals surface area contributed by atoms with Crippen LogP contribution in [0.5, 0.6) is 0 Å². The van der Waals surface area contributed by atoms with E-state index >= 15 is 0 Å². The van der Waals surface area contributed by atoms with E-state index in [0.717, 1.165) is 19.3 Å². The summed E-state index contributed by atoms with van der Waals surface area (Å²) in [7, 11) is 0. The van der Waals surface area contributed by atoms with E-state index in [2.05, 4.69) is 0 Å². The zero-order chi connectivity index (χ0) is 7.94. The fraction of sp³-hybridized carbons (Fsp3) is 0.889. The molecule has 0 aromatic heterocycles. The first kappa shape index (κ1) is 8.57. The molecule has 2 fully saturated rings. The molecular formula is C9H16O2. The Balaban J connectivity index is 0.000000167. The molecule has 1 saturated carbocycles. The number of hydrogen-bond donors (Lipinski definition) is 0. The van der Waals surface area contributed by atoms with Gasteiger partial charge in [-0.25, -0.2) is 0 Å². The van der Waals surface area contributed by atoms with Crippen LogP contribution in [0.25, 0.3) is 0 Å². The Morgan fingerprint density at radius 3 is 2.18 bits per heavy atom. The molecular weight excluding hydrogens is 140 g/mol. The molecule has 0 unspecified atom stereocenters. The molecule has 0 aromatic rings. The maximum atomic E-state index is 10.5. The number of hydrogen-bond acceptors (Lipinski definition) is 2. The average Bonchev–Trinajstić information content (AvgIpc) is 2.76. The van der Waals surface area contributed by atoms with Crippen molar-refractivity contribution in [2.24, 2.45) is 0 Å². The minimum absolute atomic E-state index is 0.0255. The Kier molecular flexibility index (Phi) is 4.02. The van der Waals surface area contributed by atoms with Crippen molar-refractivity contribution in [2.75, 3.05) is 6.61 Å². The van der Waals surface area contributed by atoms with Crippen LogP contribution >= 0.6 is 0 Å². The molecule has 1 aliphatic heterocycles. The van der Waals surface area contributed by atoms with Crippen LogP contribution in [-0.4, -0.2) is 12.6 Å². The van der Waals surface area contributed by atoms with Crippen LogP contribution in [-0.2, 0) is 9.53 Å². The van der Waals surface area contributed by atoms with Gasteiger partial charge < -0.3 is 4.74 Å². The zero-order valence-corrected chi connectivity index (χ0v) is 6.97. The molecule has 0 bridgehead atoms. The molecule has 2 rings (SSSR count). The second kappa shape index (κ2) is 5.16. The maximum absolute atomic E-state index is 10.5. The van der Waals surface area contributed by atoms with E-state index in [-0.39, 0.29) is 5.97 Å². The van der Waals surface area contributed by atoms with Crippen molar-refractivity contribution < 1.29 is 9.53 Å². The van der Waals surface area contributed by atoms with Crippen LogP contribution < -0.4 is 0 Å². The van der Waals surface area contributed by atoms with E-state index in [1.165, 1.54) is 19.3 Å². The van der Waals surface area contributed by atoms with Gasteiger partial charge in [0.2, 0.25) is 0 Å². The summed E-state index contributed by atoms with van der Waals surface area (Å²) in [4.78, 5) is 10.5. The smallest absolute Gasteiger partial charge is 0.305 e. The van der Waals surface area contributed by atoms with Gasteiger partial charge in [-0.1, -0.05) is 19.3 Å². The summed E-state index contributed by atoms with van der Waals surface area (Å²) in [6, 6.07) is 0. The predicted octanol–water partition coefficient (Wildman–Crippen LogP) is 2.27. The summed E-state index contributed by atoms with van der Waals surface area (Å²) >= 11 is 0. The van der Waals surface area contributed by atoms with E-state index in [4.69, 9.17) is 4.74 Å². The predicted molar refractivity (Wildman–Crippen MR) is 43.3 cm³/mol. The monoisotopic (exact) mass is 156 g/mol. The normalized spacial score (nSPS) is 22.4. The third kappa shape index (κ3) is 5.89. The summed E-state index contributed by atoms with van der Waals surface area (Å²) in [5.74, 6) is -0.0255. The lowest BCUT2D eigenvalue weighted by atomic mass is 10.2. The molecule has 0 N–H and O–H groups in total. The number of cyclic esters (lactones) is 1. The molecule has 0 spiro atoms. The number of carbonyl (C=O) groups is 1. The minimum Gasteiger partial charge on any atom is -0.466 e. The number of ether oxygens (including phenoxy) is 1. The highest BCUT2D eigenvalue weighted by atomic mass is 16.5. The second-order valence-electron chi connectivity index (χ2n) is 3.09. The number of esters is 1. The summed E-state index contributed by atoms with van der Waals surface area (Å²) in [6.07, 6.45) is 8.33. The van der Waals surface area contributed by atoms with Gasteiger partial charge in [0.05, 0.1) is 6.61 Å². The van der Waals surface area contributed by atoms with E-state index in [0.29, 0.717) is 13.0 Å². The molecule has 11 heavy (non-hydrogen) atoms. The quantitative estimate of drug-likeness (QED) is 0.503. The lowest BCUT2D eigenvalue weighted by molar-refractivity contribution is -0.142. The molecule has 0 atom stereocenters. The first-order chi connectivity index (χ1) is 5.39. The van der Waals surface area contributed by atoms with Gasteiger partial charge in [-0.2, -0.15) is 0 Å². The molecule has 0 aromatic carbocycles. The van der Waals surface area contributed by atoms with E-state index in [1.54, 1.807) is 0 Å². The molecule has 0 amide bonds. The Labute approximate surface area is 67.9 Å². The van der Waals surface area contributed by atoms with Gasteiger partial charge in [0.1, 0.15) is 0 Å². The molecule has 64 valence electrons. The Morgan fingerprint density at radius 2 is 1.55 bits per heavy atom. The van der Waals surface area contributed by atoms with Gasteiger partial charge in [0.25, 0.3) is 0 Å². The van der Waals surface area contributed by atoms with E-state index < -0.39 is 0 Å². The van der Waals surface area contributed by atoms with E-state index in [9.17, 15) is 4.79 Å². The molecule has 1 aliphatic carbocycles. The third-order valence-electron chi connectivity index (χ3n) is 1.64. The fourth-order valence-electron chi connectivity index (χ4n) is 0.806. The largest absolute Gasteiger partial charge is 0.466 e. The van der Waals surface area contributed by atoms with Crippen LogP contribution in [0.15, 0.2) is 0 Å². The number of carbonyl (C=O) groups excluding carboxylic acids is 1. The highest BCUT2D eigenvalue weighted by Gasteiger charge is 2.05. The maximum Gasteiger partial charge on any atom is 0.305 e. The Hall–Kier alpha value is -0.530. The first-order valence-electron chi connectivity index (χ1n) is 4.55. The fourth-order valence-corrected chi connectivity index (χ4v) is 0.806. The zero-order valence-electron chi connectivity index (χ0n) is 6.97. The Bertz CT molecular complexity index is 106. The van der Waals surface area contributed by atoms with Crippen molar-refractivity contribution in [1.29, 1.82) is 0 Å². The summed E-state index contributed by atoms with van der Waals surface area (Å²) < 4.78 is 4.76. The van der Waals surface area contributed by atoms with Crippen LogP contribution in [0.2, 0.25) is 0 Å². The highest BCUT2D eigenvalue weighted by molar-refractivity contribution is 5.69. The van der Waals surface area contributed by atoms with Crippen molar-refractivity contribution >= 4 is 5.97 Å². The molecule has 2 heteroatoms. The van der Waals surface area contributed by atoms with Gasteiger partial charge >= 0.3 is 5.97 Å². The molecule has 1 saturated heterocycles. The summed E-state index contributed by atoms with van der Waals surface area (Å²) in [5.41, 5.74) is 0. The van der Waals surface area contributed by atoms with Crippen LogP contribution in [0.4, 0.5) is 0 Å². The van der Waals surface area contributed by atoms with Crippen LogP contribution in [0.1, 0.15) is 44.9 Å². The Morgan fingerprint density at radius 1 is 0.909 bits per heavy atom. The van der Waals surface area contributed by atoms with Gasteiger partial charge in [-0.05, 0) is 19.3 Å². The highest BCUT2D eigenvalue weighted by Crippen LogP contribution is 2.14. The molecule has 1 heterocycles. The van der Waals surface area contributed by atoms with Gasteiger partial charge in [0.15, 0.2) is 0 Å². The van der Waals surface area contributed by atoms with Gasteiger partial charge in [0, 0.05) is 6.42 Å². The van der Waals surface area contributed by atoms with Crippen molar-refractivity contribution in [2.45, 2.75) is 44.9 Å². The van der Waals surface area contributed by atoms with Crippen molar-refractivity contribution in [3.63, 3.8) is 0 Å². The molecule has 0 radical (unpaired) electrons. The van der Waals surface area contributed by atoms with Crippen LogP contribution in [0, 0.1) is 0 Å². The first-order valence-corrected chi connectivity index (χ1v) is 4.55. The van der Waals surface area contributed by atoms with Crippen molar-refractivity contribution in [3.05, 3.63) is 0 Å². The topological polar surface area (TPSA) is 26.3 Å². The standard InChI is InChI=1S/C6H10O2.C3H6/c7-6-4-2-1-3-5-8-6;1-2-3-1/h1-5H2;1-3H2. The molecule has 2 aliphatic rings. The number of rotatable bonds is 0. The lowest BCUT2D eigenvalue weighted by Crippen LogP contribution is -2.00. The third-order valence-corrected chi connectivity index (χ3v) is 1.64. The summed E-state index contributed by atoms with van der Waals surface area (Å²) in [5, 5.41) is 0. The lowest BCUT2D eigenvalue weighted by Gasteiger charge is -1.93. The van der Waals surface area contributed by atoms with Crippen molar-refractivity contribution in [3.8, 4) is 0 Å².